The Bertz CT molecular complexity index is 594. The van der Waals surface area contributed by atoms with Gasteiger partial charge in [-0.05, 0) is 53.4 Å². The van der Waals surface area contributed by atoms with Crippen molar-refractivity contribution < 1.29 is 0 Å². The lowest BCUT2D eigenvalue weighted by Crippen LogP contribution is -2.22. The standard InChI is InChI=1S/2C10H16N4/c2*1-5-9(3,7-11)13-14-10(4,6-2)8-12/h2*5-6H2,1-4H3. The van der Waals surface area contributed by atoms with E-state index in [1.165, 1.54) is 0 Å². The van der Waals surface area contributed by atoms with Crippen LogP contribution in [0.15, 0.2) is 20.5 Å². The van der Waals surface area contributed by atoms with E-state index in [4.69, 9.17) is 21.0 Å². The van der Waals surface area contributed by atoms with E-state index in [0.29, 0.717) is 25.7 Å². The SMILES string of the molecule is CCC(C)(C#N)N=NC(C)(C#N)CC.CCC(C)(C#N)N=NC(C)(C#N)CC. The van der Waals surface area contributed by atoms with Crippen LogP contribution in [-0.4, -0.2) is 22.2 Å². The van der Waals surface area contributed by atoms with Crippen molar-refractivity contribution in [2.24, 2.45) is 20.5 Å². The second-order valence-corrected chi connectivity index (χ2v) is 7.36. The van der Waals surface area contributed by atoms with Crippen LogP contribution >= 0.6 is 0 Å². The summed E-state index contributed by atoms with van der Waals surface area (Å²) < 4.78 is 0. The van der Waals surface area contributed by atoms with E-state index in [9.17, 15) is 0 Å². The molecule has 0 spiro atoms. The van der Waals surface area contributed by atoms with Crippen molar-refractivity contribution in [3.63, 3.8) is 0 Å². The minimum Gasteiger partial charge on any atom is -0.196 e. The first-order valence-corrected chi connectivity index (χ1v) is 9.43. The third-order valence-electron chi connectivity index (χ3n) is 4.70. The van der Waals surface area contributed by atoms with E-state index in [-0.39, 0.29) is 0 Å². The van der Waals surface area contributed by atoms with Gasteiger partial charge in [0, 0.05) is 0 Å². The highest BCUT2D eigenvalue weighted by molar-refractivity contribution is 5.07. The lowest BCUT2D eigenvalue weighted by atomic mass is 10.0. The van der Waals surface area contributed by atoms with Crippen molar-refractivity contribution in [1.82, 2.24) is 0 Å². The van der Waals surface area contributed by atoms with E-state index >= 15 is 0 Å². The van der Waals surface area contributed by atoms with Gasteiger partial charge in [-0.15, -0.1) is 0 Å². The van der Waals surface area contributed by atoms with Gasteiger partial charge in [-0.25, -0.2) is 0 Å². The molecule has 0 aromatic heterocycles. The topological polar surface area (TPSA) is 145 Å². The maximum atomic E-state index is 8.84. The summed E-state index contributed by atoms with van der Waals surface area (Å²) in [6, 6.07) is 8.32. The molecule has 0 saturated heterocycles. The normalized spacial score (nSPS) is 19.3. The highest BCUT2D eigenvalue weighted by Crippen LogP contribution is 2.21. The van der Waals surface area contributed by atoms with Crippen LogP contribution in [0, 0.1) is 45.3 Å². The molecule has 0 fully saturated rings. The summed E-state index contributed by atoms with van der Waals surface area (Å²) in [5, 5.41) is 51.2. The maximum Gasteiger partial charge on any atom is 0.164 e. The summed E-state index contributed by atoms with van der Waals surface area (Å²) in [7, 11) is 0. The van der Waals surface area contributed by atoms with Crippen molar-refractivity contribution >= 4 is 0 Å². The molecule has 4 unspecified atom stereocenters. The molecule has 8 nitrogen and oxygen atoms in total. The quantitative estimate of drug-likeness (QED) is 0.498. The van der Waals surface area contributed by atoms with Gasteiger partial charge >= 0.3 is 0 Å². The largest absolute Gasteiger partial charge is 0.196 e. The summed E-state index contributed by atoms with van der Waals surface area (Å²) in [4.78, 5) is 0. The molecule has 152 valence electrons. The molecule has 4 atom stereocenters. The number of hydrogen-bond donors (Lipinski definition) is 0. The Balaban J connectivity index is 0. The highest BCUT2D eigenvalue weighted by atomic mass is 15.2. The summed E-state index contributed by atoms with van der Waals surface area (Å²) in [5.41, 5.74) is -3.19. The third-order valence-corrected chi connectivity index (χ3v) is 4.70. The smallest absolute Gasteiger partial charge is 0.164 e. The van der Waals surface area contributed by atoms with Crippen LogP contribution in [0.4, 0.5) is 0 Å². The lowest BCUT2D eigenvalue weighted by Gasteiger charge is -2.16. The molecule has 0 aliphatic heterocycles. The minimum atomic E-state index is -0.798. The number of hydrogen-bond acceptors (Lipinski definition) is 8. The van der Waals surface area contributed by atoms with Crippen LogP contribution in [0.5, 0.6) is 0 Å². The molecule has 0 radical (unpaired) electrons. The Morgan fingerprint density at radius 2 is 0.607 bits per heavy atom. The molecular weight excluding hydrogens is 352 g/mol. The zero-order valence-electron chi connectivity index (χ0n) is 18.4. The van der Waals surface area contributed by atoms with Crippen molar-refractivity contribution in [3.8, 4) is 24.3 Å². The van der Waals surface area contributed by atoms with Crippen LogP contribution in [0.2, 0.25) is 0 Å². The van der Waals surface area contributed by atoms with Crippen molar-refractivity contribution in [3.05, 3.63) is 0 Å². The predicted octanol–water partition coefficient (Wildman–Crippen LogP) is 5.65. The molecule has 0 heterocycles. The van der Waals surface area contributed by atoms with E-state index in [1.807, 2.05) is 27.7 Å². The van der Waals surface area contributed by atoms with Crippen LogP contribution in [-0.2, 0) is 0 Å². The average Bonchev–Trinajstić information content (AvgIpc) is 2.75. The molecule has 0 rings (SSSR count). The summed E-state index contributed by atoms with van der Waals surface area (Å²) in [6.45, 7) is 14.3. The first kappa shape index (κ1) is 27.4. The van der Waals surface area contributed by atoms with Crippen molar-refractivity contribution in [1.29, 1.82) is 21.0 Å². The monoisotopic (exact) mass is 384 g/mol. The summed E-state index contributed by atoms with van der Waals surface area (Å²) >= 11 is 0. The van der Waals surface area contributed by atoms with Gasteiger partial charge in [-0.1, -0.05) is 27.7 Å². The maximum absolute atomic E-state index is 8.84. The molecule has 0 aliphatic rings. The summed E-state index contributed by atoms with van der Waals surface area (Å²) in [6.07, 6.45) is 2.38. The number of azo groups is 2. The van der Waals surface area contributed by atoms with Gasteiger partial charge in [-0.2, -0.15) is 41.5 Å². The Hall–Kier alpha value is -2.84. The predicted molar refractivity (Wildman–Crippen MR) is 107 cm³/mol. The molecule has 28 heavy (non-hydrogen) atoms. The molecule has 0 amide bonds. The molecule has 0 bridgehead atoms. The fourth-order valence-electron chi connectivity index (χ4n) is 1.13. The van der Waals surface area contributed by atoms with Crippen molar-refractivity contribution in [2.75, 3.05) is 0 Å². The zero-order chi connectivity index (χ0) is 22.5. The molecule has 0 aliphatic carbocycles. The zero-order valence-corrected chi connectivity index (χ0v) is 18.4. The van der Waals surface area contributed by atoms with Crippen LogP contribution < -0.4 is 0 Å². The van der Waals surface area contributed by atoms with Gasteiger partial charge in [0.1, 0.15) is 0 Å². The molecule has 0 aromatic carbocycles. The fourth-order valence-corrected chi connectivity index (χ4v) is 1.13. The van der Waals surface area contributed by atoms with Gasteiger partial charge in [0.2, 0.25) is 0 Å². The Kier molecular flexibility index (Phi) is 11.5. The number of nitrogens with zero attached hydrogens (tertiary/aromatic N) is 8. The van der Waals surface area contributed by atoms with Gasteiger partial charge in [0.15, 0.2) is 22.2 Å². The van der Waals surface area contributed by atoms with E-state index < -0.39 is 22.2 Å². The molecule has 0 saturated carbocycles. The van der Waals surface area contributed by atoms with E-state index in [0.717, 1.165) is 0 Å². The van der Waals surface area contributed by atoms with Crippen LogP contribution in [0.25, 0.3) is 0 Å². The molecule has 8 heteroatoms. The second-order valence-electron chi connectivity index (χ2n) is 7.36. The van der Waals surface area contributed by atoms with Crippen molar-refractivity contribution in [2.45, 2.75) is 103 Å². The first-order chi connectivity index (χ1) is 12.9. The van der Waals surface area contributed by atoms with Crippen LogP contribution in [0.3, 0.4) is 0 Å². The third kappa shape index (κ3) is 9.20. The molecule has 0 aromatic rings. The number of nitriles is 4. The molecular formula is C20H32N8. The first-order valence-electron chi connectivity index (χ1n) is 9.43. The Morgan fingerprint density at radius 1 is 0.464 bits per heavy atom. The highest BCUT2D eigenvalue weighted by Gasteiger charge is 2.26. The molecule has 0 N–H and O–H groups in total. The lowest BCUT2D eigenvalue weighted by molar-refractivity contribution is 0.473. The van der Waals surface area contributed by atoms with Gasteiger partial charge in [-0.3, -0.25) is 0 Å². The van der Waals surface area contributed by atoms with E-state index in [1.54, 1.807) is 27.7 Å². The minimum absolute atomic E-state index is 0.595. The number of rotatable bonds is 8. The van der Waals surface area contributed by atoms with Gasteiger partial charge in [0.25, 0.3) is 0 Å². The Labute approximate surface area is 169 Å². The van der Waals surface area contributed by atoms with Gasteiger partial charge in [0.05, 0.1) is 24.3 Å². The summed E-state index contributed by atoms with van der Waals surface area (Å²) in [5.74, 6) is 0. The van der Waals surface area contributed by atoms with E-state index in [2.05, 4.69) is 44.7 Å². The van der Waals surface area contributed by atoms with Gasteiger partial charge < -0.3 is 0 Å². The average molecular weight is 385 g/mol. The second kappa shape index (κ2) is 11.8. The Morgan fingerprint density at radius 3 is 0.679 bits per heavy atom. The fraction of sp³-hybridized carbons (Fsp3) is 0.800. The van der Waals surface area contributed by atoms with Crippen LogP contribution in [0.1, 0.15) is 81.1 Å².